The van der Waals surface area contributed by atoms with Gasteiger partial charge in [0, 0.05) is 23.5 Å². The van der Waals surface area contributed by atoms with Gasteiger partial charge in [0.25, 0.3) is 5.91 Å². The maximum absolute atomic E-state index is 11.8. The van der Waals surface area contributed by atoms with Gasteiger partial charge >= 0.3 is 0 Å². The summed E-state index contributed by atoms with van der Waals surface area (Å²) in [6.07, 6.45) is 0. The van der Waals surface area contributed by atoms with Crippen molar-refractivity contribution < 1.29 is 9.90 Å². The molecule has 0 aliphatic rings. The van der Waals surface area contributed by atoms with Gasteiger partial charge in [-0.05, 0) is 23.8 Å². The van der Waals surface area contributed by atoms with Gasteiger partial charge in [0.1, 0.15) is 11.4 Å². The maximum Gasteiger partial charge on any atom is 0.266 e. The van der Waals surface area contributed by atoms with Gasteiger partial charge in [0.15, 0.2) is 0 Å². The van der Waals surface area contributed by atoms with Gasteiger partial charge in [-0.25, -0.2) is 0 Å². The number of nitrogens with zero attached hydrogens (tertiary/aromatic N) is 1. The van der Waals surface area contributed by atoms with E-state index in [-0.39, 0.29) is 5.75 Å². The van der Waals surface area contributed by atoms with Gasteiger partial charge in [-0.1, -0.05) is 30.3 Å². The molecule has 1 heterocycles. The molecule has 3 N–H and O–H groups in total. The Morgan fingerprint density at radius 2 is 1.85 bits per heavy atom. The van der Waals surface area contributed by atoms with Crippen LogP contribution in [0.3, 0.4) is 0 Å². The van der Waals surface area contributed by atoms with E-state index in [1.54, 1.807) is 29.8 Å². The standard InChI is InChI=1S/C16H14N2O2/c1-18-13-8-7-11(19)9-12(13)14(15(18)16(17)20)10-5-3-2-4-6-10/h2-9,19H,1H3,(H2,17,20). The van der Waals surface area contributed by atoms with Gasteiger partial charge < -0.3 is 15.4 Å². The molecule has 2 aromatic carbocycles. The molecule has 0 unspecified atom stereocenters. The zero-order chi connectivity index (χ0) is 14.3. The van der Waals surface area contributed by atoms with Crippen molar-refractivity contribution >= 4 is 16.8 Å². The molecule has 3 aromatic rings. The van der Waals surface area contributed by atoms with Crippen LogP contribution in [-0.4, -0.2) is 15.6 Å². The lowest BCUT2D eigenvalue weighted by atomic mass is 10.0. The van der Waals surface area contributed by atoms with E-state index in [1.807, 2.05) is 30.3 Å². The molecule has 0 aliphatic carbocycles. The minimum Gasteiger partial charge on any atom is -0.508 e. The fourth-order valence-electron chi connectivity index (χ4n) is 2.62. The molecule has 0 bridgehead atoms. The molecule has 20 heavy (non-hydrogen) atoms. The van der Waals surface area contributed by atoms with Gasteiger partial charge in [-0.2, -0.15) is 0 Å². The van der Waals surface area contributed by atoms with E-state index in [2.05, 4.69) is 0 Å². The first-order valence-electron chi connectivity index (χ1n) is 6.26. The lowest BCUT2D eigenvalue weighted by Crippen LogP contribution is -2.16. The third-order valence-electron chi connectivity index (χ3n) is 3.48. The van der Waals surface area contributed by atoms with Crippen molar-refractivity contribution in [3.05, 3.63) is 54.2 Å². The molecule has 1 amide bonds. The lowest BCUT2D eigenvalue weighted by Gasteiger charge is -2.04. The zero-order valence-electron chi connectivity index (χ0n) is 11.0. The molecule has 100 valence electrons. The average molecular weight is 266 g/mol. The Morgan fingerprint density at radius 3 is 2.50 bits per heavy atom. The number of nitrogens with two attached hydrogens (primary N) is 1. The molecule has 0 fully saturated rings. The second kappa shape index (κ2) is 4.42. The maximum atomic E-state index is 11.8. The van der Waals surface area contributed by atoms with E-state index in [4.69, 9.17) is 5.73 Å². The first-order valence-corrected chi connectivity index (χ1v) is 6.26. The summed E-state index contributed by atoms with van der Waals surface area (Å²) < 4.78 is 1.76. The summed E-state index contributed by atoms with van der Waals surface area (Å²) in [6.45, 7) is 0. The van der Waals surface area contributed by atoms with Crippen LogP contribution in [0.5, 0.6) is 5.75 Å². The first kappa shape index (κ1) is 12.3. The van der Waals surface area contributed by atoms with E-state index in [0.717, 1.165) is 22.0 Å². The Kier molecular flexibility index (Phi) is 2.71. The van der Waals surface area contributed by atoms with Gasteiger partial charge in [-0.15, -0.1) is 0 Å². The monoisotopic (exact) mass is 266 g/mol. The highest BCUT2D eigenvalue weighted by Gasteiger charge is 2.20. The molecule has 0 saturated heterocycles. The summed E-state index contributed by atoms with van der Waals surface area (Å²) >= 11 is 0. The van der Waals surface area contributed by atoms with Crippen molar-refractivity contribution in [2.75, 3.05) is 0 Å². The number of aryl methyl sites for hydroxylation is 1. The summed E-state index contributed by atoms with van der Waals surface area (Å²) in [5.41, 5.74) is 8.49. The van der Waals surface area contributed by atoms with Crippen molar-refractivity contribution in [1.82, 2.24) is 4.57 Å². The molecule has 4 heteroatoms. The minimum absolute atomic E-state index is 0.163. The van der Waals surface area contributed by atoms with Gasteiger partial charge in [0.2, 0.25) is 0 Å². The van der Waals surface area contributed by atoms with E-state index in [0.29, 0.717) is 5.69 Å². The topological polar surface area (TPSA) is 68.2 Å². The van der Waals surface area contributed by atoms with Crippen molar-refractivity contribution in [1.29, 1.82) is 0 Å². The van der Waals surface area contributed by atoms with Crippen LogP contribution in [0.15, 0.2) is 48.5 Å². The Bertz CT molecular complexity index is 804. The molecule has 0 aliphatic heterocycles. The largest absolute Gasteiger partial charge is 0.508 e. The van der Waals surface area contributed by atoms with Crippen LogP contribution in [0, 0.1) is 0 Å². The van der Waals surface area contributed by atoms with Crippen LogP contribution in [0.2, 0.25) is 0 Å². The Hall–Kier alpha value is -2.75. The Balaban J connectivity index is 2.47. The summed E-state index contributed by atoms with van der Waals surface area (Å²) in [5, 5.41) is 10.5. The summed E-state index contributed by atoms with van der Waals surface area (Å²) in [7, 11) is 1.80. The normalized spacial score (nSPS) is 10.8. The van der Waals surface area contributed by atoms with Gasteiger partial charge in [0.05, 0.1) is 0 Å². The first-order chi connectivity index (χ1) is 9.59. The number of benzene rings is 2. The molecular weight excluding hydrogens is 252 g/mol. The summed E-state index contributed by atoms with van der Waals surface area (Å²) in [5.74, 6) is -0.321. The molecule has 0 radical (unpaired) electrons. The van der Waals surface area contributed by atoms with Crippen molar-refractivity contribution in [3.8, 4) is 16.9 Å². The van der Waals surface area contributed by atoms with E-state index in [9.17, 15) is 9.90 Å². The number of aromatic hydroxyl groups is 1. The second-order valence-corrected chi connectivity index (χ2v) is 4.71. The number of phenols is 1. The second-order valence-electron chi connectivity index (χ2n) is 4.71. The lowest BCUT2D eigenvalue weighted by molar-refractivity contribution is 0.0993. The van der Waals surface area contributed by atoms with Crippen LogP contribution in [-0.2, 0) is 7.05 Å². The molecule has 1 aromatic heterocycles. The number of primary amides is 1. The number of hydrogen-bond acceptors (Lipinski definition) is 2. The predicted molar refractivity (Wildman–Crippen MR) is 78.5 cm³/mol. The summed E-state index contributed by atoms with van der Waals surface area (Å²) in [6, 6.07) is 14.6. The van der Waals surface area contributed by atoms with Crippen LogP contribution < -0.4 is 5.73 Å². The highest BCUT2D eigenvalue weighted by Crippen LogP contribution is 2.35. The number of carbonyl (C=O) groups excluding carboxylic acids is 1. The highest BCUT2D eigenvalue weighted by molar-refractivity contribution is 6.10. The van der Waals surface area contributed by atoms with Crippen LogP contribution in [0.25, 0.3) is 22.0 Å². The summed E-state index contributed by atoms with van der Waals surface area (Å²) in [4.78, 5) is 11.8. The third-order valence-corrected chi connectivity index (χ3v) is 3.48. The SMILES string of the molecule is Cn1c(C(N)=O)c(-c2ccccc2)c2cc(O)ccc21. The van der Waals surface area contributed by atoms with Crippen LogP contribution in [0.4, 0.5) is 0 Å². The van der Waals surface area contributed by atoms with Crippen molar-refractivity contribution in [3.63, 3.8) is 0 Å². The number of fused-ring (bicyclic) bond motifs is 1. The molecular formula is C16H14N2O2. The van der Waals surface area contributed by atoms with E-state index < -0.39 is 5.91 Å². The van der Waals surface area contributed by atoms with E-state index >= 15 is 0 Å². The minimum atomic E-state index is -0.484. The zero-order valence-corrected chi connectivity index (χ0v) is 11.0. The molecule has 0 saturated carbocycles. The molecule has 0 spiro atoms. The fraction of sp³-hybridized carbons (Fsp3) is 0.0625. The third kappa shape index (κ3) is 1.73. The highest BCUT2D eigenvalue weighted by atomic mass is 16.3. The molecule has 4 nitrogen and oxygen atoms in total. The average Bonchev–Trinajstić information content (AvgIpc) is 2.72. The van der Waals surface area contributed by atoms with Crippen molar-refractivity contribution in [2.45, 2.75) is 0 Å². The number of amides is 1. The number of aromatic nitrogens is 1. The van der Waals surface area contributed by atoms with Gasteiger partial charge in [-0.3, -0.25) is 4.79 Å². The number of hydrogen-bond donors (Lipinski definition) is 2. The number of rotatable bonds is 2. The quantitative estimate of drug-likeness (QED) is 0.748. The van der Waals surface area contributed by atoms with E-state index in [1.165, 1.54) is 0 Å². The smallest absolute Gasteiger partial charge is 0.266 e. The predicted octanol–water partition coefficient (Wildman–Crippen LogP) is 2.65. The number of phenolic OH excluding ortho intramolecular Hbond substituents is 1. The Morgan fingerprint density at radius 1 is 1.15 bits per heavy atom. The Labute approximate surface area is 116 Å². The fourth-order valence-corrected chi connectivity index (χ4v) is 2.62. The number of carbonyl (C=O) groups is 1. The van der Waals surface area contributed by atoms with Crippen molar-refractivity contribution in [2.24, 2.45) is 12.8 Å². The molecule has 0 atom stereocenters. The van der Waals surface area contributed by atoms with Crippen LogP contribution >= 0.6 is 0 Å². The van der Waals surface area contributed by atoms with Crippen LogP contribution in [0.1, 0.15) is 10.5 Å². The molecule has 3 rings (SSSR count).